The van der Waals surface area contributed by atoms with Crippen molar-refractivity contribution in [3.63, 3.8) is 0 Å². The first-order valence-corrected chi connectivity index (χ1v) is 7.62. The zero-order valence-corrected chi connectivity index (χ0v) is 13.5. The SMILES string of the molecule is COc1ccc(NC(C)=O)cc1NC1CCCC(C)(C)C1. The maximum Gasteiger partial charge on any atom is 0.221 e. The molecule has 1 unspecified atom stereocenters. The fourth-order valence-electron chi connectivity index (χ4n) is 3.14. The lowest BCUT2D eigenvalue weighted by molar-refractivity contribution is -0.114. The van der Waals surface area contributed by atoms with Crippen molar-refractivity contribution in [2.45, 2.75) is 52.5 Å². The van der Waals surface area contributed by atoms with Crippen molar-refractivity contribution < 1.29 is 9.53 Å². The van der Waals surface area contributed by atoms with Gasteiger partial charge in [-0.3, -0.25) is 4.79 Å². The van der Waals surface area contributed by atoms with E-state index in [1.807, 2.05) is 18.2 Å². The normalized spacial score (nSPS) is 20.7. The van der Waals surface area contributed by atoms with Crippen molar-refractivity contribution in [3.05, 3.63) is 18.2 Å². The van der Waals surface area contributed by atoms with E-state index < -0.39 is 0 Å². The van der Waals surface area contributed by atoms with Crippen LogP contribution >= 0.6 is 0 Å². The third kappa shape index (κ3) is 4.38. The monoisotopic (exact) mass is 290 g/mol. The Balaban J connectivity index is 2.15. The molecule has 1 fully saturated rings. The summed E-state index contributed by atoms with van der Waals surface area (Å²) in [4.78, 5) is 11.2. The molecular weight excluding hydrogens is 264 g/mol. The standard InChI is InChI=1S/C17H26N2O2/c1-12(20)18-13-7-8-16(21-4)15(10-13)19-14-6-5-9-17(2,3)11-14/h7-8,10,14,19H,5-6,9,11H2,1-4H3,(H,18,20). The molecule has 1 aliphatic carbocycles. The van der Waals surface area contributed by atoms with Gasteiger partial charge in [0.1, 0.15) is 5.75 Å². The van der Waals surface area contributed by atoms with Crippen LogP contribution < -0.4 is 15.4 Å². The third-order valence-electron chi connectivity index (χ3n) is 4.08. The van der Waals surface area contributed by atoms with E-state index in [0.29, 0.717) is 11.5 Å². The molecule has 0 radical (unpaired) electrons. The molecule has 1 atom stereocenters. The van der Waals surface area contributed by atoms with Crippen LogP contribution in [0.4, 0.5) is 11.4 Å². The summed E-state index contributed by atoms with van der Waals surface area (Å²) < 4.78 is 5.42. The Kier molecular flexibility index (Phi) is 4.76. The highest BCUT2D eigenvalue weighted by Crippen LogP contribution is 2.38. The number of methoxy groups -OCH3 is 1. The Bertz CT molecular complexity index is 512. The number of benzene rings is 1. The Morgan fingerprint density at radius 1 is 1.38 bits per heavy atom. The molecule has 21 heavy (non-hydrogen) atoms. The summed E-state index contributed by atoms with van der Waals surface area (Å²) in [6.45, 7) is 6.17. The molecule has 1 amide bonds. The van der Waals surface area contributed by atoms with Crippen molar-refractivity contribution in [2.24, 2.45) is 5.41 Å². The summed E-state index contributed by atoms with van der Waals surface area (Å²) in [5.41, 5.74) is 2.13. The quantitative estimate of drug-likeness (QED) is 0.880. The zero-order valence-electron chi connectivity index (χ0n) is 13.5. The number of amides is 1. The van der Waals surface area contributed by atoms with Gasteiger partial charge in [-0.1, -0.05) is 20.3 Å². The smallest absolute Gasteiger partial charge is 0.221 e. The van der Waals surface area contributed by atoms with E-state index in [0.717, 1.165) is 23.5 Å². The van der Waals surface area contributed by atoms with Crippen LogP contribution in [-0.4, -0.2) is 19.1 Å². The van der Waals surface area contributed by atoms with Crippen LogP contribution in [0.2, 0.25) is 0 Å². The second kappa shape index (κ2) is 6.37. The van der Waals surface area contributed by atoms with Gasteiger partial charge in [0, 0.05) is 18.7 Å². The first-order valence-electron chi connectivity index (χ1n) is 7.62. The highest BCUT2D eigenvalue weighted by atomic mass is 16.5. The lowest BCUT2D eigenvalue weighted by atomic mass is 9.75. The van der Waals surface area contributed by atoms with Gasteiger partial charge in [0.2, 0.25) is 5.91 Å². The minimum atomic E-state index is -0.0649. The number of ether oxygens (including phenoxy) is 1. The molecule has 116 valence electrons. The van der Waals surface area contributed by atoms with Gasteiger partial charge in [-0.2, -0.15) is 0 Å². The molecule has 0 spiro atoms. The topological polar surface area (TPSA) is 50.4 Å². The average Bonchev–Trinajstić information content (AvgIpc) is 2.37. The zero-order chi connectivity index (χ0) is 15.5. The summed E-state index contributed by atoms with van der Waals surface area (Å²) >= 11 is 0. The third-order valence-corrected chi connectivity index (χ3v) is 4.08. The number of rotatable bonds is 4. The Labute approximate surface area is 127 Å². The van der Waals surface area contributed by atoms with E-state index in [-0.39, 0.29) is 5.91 Å². The Morgan fingerprint density at radius 3 is 2.76 bits per heavy atom. The van der Waals surface area contributed by atoms with Gasteiger partial charge in [0.15, 0.2) is 0 Å². The van der Waals surface area contributed by atoms with Crippen molar-refractivity contribution in [1.82, 2.24) is 0 Å². The molecular formula is C17H26N2O2. The van der Waals surface area contributed by atoms with Crippen molar-refractivity contribution in [1.29, 1.82) is 0 Å². The molecule has 2 rings (SSSR count). The van der Waals surface area contributed by atoms with E-state index in [2.05, 4.69) is 24.5 Å². The number of anilines is 2. The highest BCUT2D eigenvalue weighted by Gasteiger charge is 2.28. The van der Waals surface area contributed by atoms with Gasteiger partial charge >= 0.3 is 0 Å². The second-order valence-corrected chi connectivity index (χ2v) is 6.70. The van der Waals surface area contributed by atoms with Crippen LogP contribution in [0, 0.1) is 5.41 Å². The maximum absolute atomic E-state index is 11.2. The highest BCUT2D eigenvalue weighted by molar-refractivity contribution is 5.89. The van der Waals surface area contributed by atoms with Crippen LogP contribution in [0.1, 0.15) is 46.5 Å². The van der Waals surface area contributed by atoms with Gasteiger partial charge in [0.25, 0.3) is 0 Å². The molecule has 1 aliphatic rings. The summed E-state index contributed by atoms with van der Waals surface area (Å²) in [6.07, 6.45) is 4.87. The summed E-state index contributed by atoms with van der Waals surface area (Å²) in [5.74, 6) is 0.748. The van der Waals surface area contributed by atoms with Crippen molar-refractivity contribution in [3.8, 4) is 5.75 Å². The van der Waals surface area contributed by atoms with Gasteiger partial charge in [-0.25, -0.2) is 0 Å². The molecule has 2 N–H and O–H groups in total. The summed E-state index contributed by atoms with van der Waals surface area (Å²) in [5, 5.41) is 6.41. The van der Waals surface area contributed by atoms with Crippen molar-refractivity contribution >= 4 is 17.3 Å². The van der Waals surface area contributed by atoms with Crippen molar-refractivity contribution in [2.75, 3.05) is 17.7 Å². The molecule has 0 saturated heterocycles. The van der Waals surface area contributed by atoms with E-state index in [9.17, 15) is 4.79 Å². The number of nitrogens with one attached hydrogen (secondary N) is 2. The molecule has 4 heteroatoms. The van der Waals surface area contributed by atoms with Crippen LogP contribution in [0.25, 0.3) is 0 Å². The van der Waals surface area contributed by atoms with Crippen LogP contribution in [0.5, 0.6) is 5.75 Å². The summed E-state index contributed by atoms with van der Waals surface area (Å²) in [7, 11) is 1.67. The van der Waals surface area contributed by atoms with E-state index in [4.69, 9.17) is 4.74 Å². The van der Waals surface area contributed by atoms with Gasteiger partial charge in [-0.15, -0.1) is 0 Å². The molecule has 0 aromatic heterocycles. The molecule has 1 saturated carbocycles. The first-order chi connectivity index (χ1) is 9.89. The lowest BCUT2D eigenvalue weighted by Gasteiger charge is -2.36. The van der Waals surface area contributed by atoms with E-state index in [1.54, 1.807) is 7.11 Å². The Hall–Kier alpha value is -1.71. The molecule has 1 aromatic rings. The lowest BCUT2D eigenvalue weighted by Crippen LogP contribution is -2.31. The maximum atomic E-state index is 11.2. The summed E-state index contributed by atoms with van der Waals surface area (Å²) in [6, 6.07) is 6.15. The molecule has 0 heterocycles. The van der Waals surface area contributed by atoms with Gasteiger partial charge in [0.05, 0.1) is 12.8 Å². The number of hydrogen-bond acceptors (Lipinski definition) is 3. The van der Waals surface area contributed by atoms with Crippen LogP contribution in [0.3, 0.4) is 0 Å². The minimum Gasteiger partial charge on any atom is -0.495 e. The first kappa shape index (κ1) is 15.7. The number of hydrogen-bond donors (Lipinski definition) is 2. The fourth-order valence-corrected chi connectivity index (χ4v) is 3.14. The molecule has 1 aromatic carbocycles. The van der Waals surface area contributed by atoms with E-state index in [1.165, 1.54) is 26.2 Å². The van der Waals surface area contributed by atoms with E-state index >= 15 is 0 Å². The number of carbonyl (C=O) groups is 1. The van der Waals surface area contributed by atoms with Crippen LogP contribution in [-0.2, 0) is 4.79 Å². The molecule has 4 nitrogen and oxygen atoms in total. The Morgan fingerprint density at radius 2 is 2.14 bits per heavy atom. The second-order valence-electron chi connectivity index (χ2n) is 6.70. The average molecular weight is 290 g/mol. The molecule has 0 bridgehead atoms. The number of carbonyl (C=O) groups excluding carboxylic acids is 1. The molecule has 0 aliphatic heterocycles. The van der Waals surface area contributed by atoms with Crippen LogP contribution in [0.15, 0.2) is 18.2 Å². The van der Waals surface area contributed by atoms with Gasteiger partial charge < -0.3 is 15.4 Å². The fraction of sp³-hybridized carbons (Fsp3) is 0.588. The largest absolute Gasteiger partial charge is 0.495 e. The minimum absolute atomic E-state index is 0.0649. The van der Waals surface area contributed by atoms with Gasteiger partial charge in [-0.05, 0) is 42.9 Å². The predicted octanol–water partition coefficient (Wildman–Crippen LogP) is 4.03. The predicted molar refractivity (Wildman–Crippen MR) is 87.0 cm³/mol.